The Bertz CT molecular complexity index is 983. The van der Waals surface area contributed by atoms with Gasteiger partial charge in [-0.1, -0.05) is 31.5 Å². The molecule has 2 heterocycles. The van der Waals surface area contributed by atoms with Crippen molar-refractivity contribution in [1.29, 1.82) is 0 Å². The monoisotopic (exact) mass is 456 g/mol. The fourth-order valence-electron chi connectivity index (χ4n) is 4.19. The molecule has 2 aromatic rings. The van der Waals surface area contributed by atoms with Crippen LogP contribution in [-0.2, 0) is 43.1 Å². The summed E-state index contributed by atoms with van der Waals surface area (Å²) in [6, 6.07) is 8.19. The number of aryl methyl sites for hydroxylation is 1. The van der Waals surface area contributed by atoms with Crippen LogP contribution in [0.15, 0.2) is 30.6 Å². The van der Waals surface area contributed by atoms with E-state index in [1.807, 2.05) is 19.1 Å². The Balaban J connectivity index is 1.47. The lowest BCUT2D eigenvalue weighted by molar-refractivity contribution is -0.184. The number of carbonyl (C=O) groups excluding carboxylic acids is 2. The minimum absolute atomic E-state index is 0.151. The summed E-state index contributed by atoms with van der Waals surface area (Å²) in [6.07, 6.45) is 5.63. The Hall–Kier alpha value is -3.16. The number of carbonyl (C=O) groups is 3. The number of aromatic nitrogens is 2. The first kappa shape index (κ1) is 24.5. The summed E-state index contributed by atoms with van der Waals surface area (Å²) in [5.41, 5.74) is 4.29. The molecule has 3 rings (SSSR count). The van der Waals surface area contributed by atoms with Crippen molar-refractivity contribution in [2.24, 2.45) is 5.92 Å². The van der Waals surface area contributed by atoms with Gasteiger partial charge in [0.25, 0.3) is 0 Å². The van der Waals surface area contributed by atoms with Crippen LogP contribution in [0.3, 0.4) is 0 Å². The van der Waals surface area contributed by atoms with Gasteiger partial charge in [0.2, 0.25) is 6.29 Å². The number of carboxylic acid groups (broad SMARTS) is 1. The highest BCUT2D eigenvalue weighted by Crippen LogP contribution is 2.28. The van der Waals surface area contributed by atoms with Gasteiger partial charge in [0.1, 0.15) is 0 Å². The maximum atomic E-state index is 11.9. The first-order valence-electron chi connectivity index (χ1n) is 11.6. The summed E-state index contributed by atoms with van der Waals surface area (Å²) < 4.78 is 12.1. The molecule has 8 nitrogen and oxygen atoms in total. The van der Waals surface area contributed by atoms with Gasteiger partial charge in [0, 0.05) is 37.6 Å². The van der Waals surface area contributed by atoms with Gasteiger partial charge >= 0.3 is 17.9 Å². The predicted octanol–water partition coefficient (Wildman–Crippen LogP) is 4.01. The van der Waals surface area contributed by atoms with Crippen molar-refractivity contribution in [2.75, 3.05) is 0 Å². The van der Waals surface area contributed by atoms with Gasteiger partial charge in [0.15, 0.2) is 0 Å². The number of carboxylic acids is 1. The number of ether oxygens (including phenoxy) is 2. The summed E-state index contributed by atoms with van der Waals surface area (Å²) in [5, 5.41) is 9.71. The average molecular weight is 457 g/mol. The summed E-state index contributed by atoms with van der Waals surface area (Å²) in [6.45, 7) is 3.37. The highest BCUT2D eigenvalue weighted by Gasteiger charge is 2.25. The molecule has 33 heavy (non-hydrogen) atoms. The zero-order valence-electron chi connectivity index (χ0n) is 19.3. The van der Waals surface area contributed by atoms with Gasteiger partial charge in [-0.15, -0.1) is 0 Å². The minimum Gasteiger partial charge on any atom is -0.481 e. The van der Waals surface area contributed by atoms with E-state index in [4.69, 9.17) is 9.47 Å². The molecule has 0 saturated heterocycles. The van der Waals surface area contributed by atoms with Crippen molar-refractivity contribution in [3.8, 4) is 5.69 Å². The Morgan fingerprint density at radius 3 is 2.55 bits per heavy atom. The number of hydrogen-bond donors (Lipinski definition) is 1. The molecule has 178 valence electrons. The van der Waals surface area contributed by atoms with Crippen LogP contribution in [0.1, 0.15) is 69.3 Å². The molecule has 8 heteroatoms. The zero-order valence-corrected chi connectivity index (χ0v) is 19.3. The molecule has 0 radical (unpaired) electrons. The minimum atomic E-state index is -0.916. The standard InChI is InChI=1S/C25H32N2O6/c1-3-8-23(28)32-17(2)33-24(29)12-7-5-10-19(25(30)31)15-20-22-14-13-18-9-4-6-11-21(18)27(22)16-26-20/h4,6,9,11,16-17,19H,3,5,7-8,10,12-15H2,1-2H3,(H,30,31)/t17?,19-/m0/s1. The molecule has 2 atom stereocenters. The van der Waals surface area contributed by atoms with Gasteiger partial charge in [-0.05, 0) is 43.7 Å². The second-order valence-electron chi connectivity index (χ2n) is 8.42. The number of hydrogen-bond acceptors (Lipinski definition) is 6. The number of benzene rings is 1. The van der Waals surface area contributed by atoms with Crippen molar-refractivity contribution >= 4 is 17.9 Å². The molecule has 1 aliphatic heterocycles. The van der Waals surface area contributed by atoms with E-state index in [1.54, 1.807) is 6.33 Å². The third kappa shape index (κ3) is 6.66. The van der Waals surface area contributed by atoms with Crippen LogP contribution in [-0.4, -0.2) is 38.9 Å². The number of nitrogens with zero attached hydrogens (tertiary/aromatic N) is 2. The quantitative estimate of drug-likeness (QED) is 0.292. The summed E-state index contributed by atoms with van der Waals surface area (Å²) in [4.78, 5) is 39.8. The molecule has 0 bridgehead atoms. The SMILES string of the molecule is CCCC(=O)OC(C)OC(=O)CCCC[C@@H](Cc1ncn2c1CCc1ccccc1-2)C(=O)O. The number of para-hydroxylation sites is 1. The highest BCUT2D eigenvalue weighted by atomic mass is 16.7. The molecule has 0 amide bonds. The van der Waals surface area contributed by atoms with Crippen molar-refractivity contribution in [1.82, 2.24) is 9.55 Å². The molecule has 1 unspecified atom stereocenters. The molecule has 1 N–H and O–H groups in total. The van der Waals surface area contributed by atoms with Crippen molar-refractivity contribution in [3.05, 3.63) is 47.5 Å². The third-order valence-corrected chi connectivity index (χ3v) is 5.86. The van der Waals surface area contributed by atoms with Crippen LogP contribution in [0, 0.1) is 5.92 Å². The van der Waals surface area contributed by atoms with Crippen LogP contribution in [0.25, 0.3) is 5.69 Å². The fourth-order valence-corrected chi connectivity index (χ4v) is 4.19. The Morgan fingerprint density at radius 1 is 1.09 bits per heavy atom. The molecule has 1 aromatic heterocycles. The van der Waals surface area contributed by atoms with E-state index in [0.29, 0.717) is 32.1 Å². The number of aliphatic carboxylic acids is 1. The number of rotatable bonds is 12. The number of imidazole rings is 1. The number of fused-ring (bicyclic) bond motifs is 3. The van der Waals surface area contributed by atoms with Crippen LogP contribution in [0.5, 0.6) is 0 Å². The van der Waals surface area contributed by atoms with Gasteiger partial charge in [-0.25, -0.2) is 4.98 Å². The maximum absolute atomic E-state index is 11.9. The van der Waals surface area contributed by atoms with Gasteiger partial charge in [-0.2, -0.15) is 0 Å². The lowest BCUT2D eigenvalue weighted by Crippen LogP contribution is -2.21. The van der Waals surface area contributed by atoms with E-state index in [2.05, 4.69) is 21.7 Å². The van der Waals surface area contributed by atoms with Gasteiger partial charge < -0.3 is 19.1 Å². The van der Waals surface area contributed by atoms with Crippen molar-refractivity contribution in [3.63, 3.8) is 0 Å². The fraction of sp³-hybridized carbons (Fsp3) is 0.520. The average Bonchev–Trinajstić information content (AvgIpc) is 3.19. The van der Waals surface area contributed by atoms with Crippen LogP contribution >= 0.6 is 0 Å². The maximum Gasteiger partial charge on any atom is 0.308 e. The van der Waals surface area contributed by atoms with Crippen molar-refractivity contribution < 1.29 is 29.0 Å². The third-order valence-electron chi connectivity index (χ3n) is 5.86. The predicted molar refractivity (Wildman–Crippen MR) is 121 cm³/mol. The van der Waals surface area contributed by atoms with E-state index in [9.17, 15) is 19.5 Å². The van der Waals surface area contributed by atoms with E-state index in [1.165, 1.54) is 12.5 Å². The summed E-state index contributed by atoms with van der Waals surface area (Å²) in [7, 11) is 0. The van der Waals surface area contributed by atoms with Crippen LogP contribution < -0.4 is 0 Å². The molecule has 1 aromatic carbocycles. The lowest BCUT2D eigenvalue weighted by Gasteiger charge is -2.20. The molecule has 1 aliphatic rings. The second-order valence-corrected chi connectivity index (χ2v) is 8.42. The van der Waals surface area contributed by atoms with E-state index < -0.39 is 30.1 Å². The molecule has 0 fully saturated rings. The number of esters is 2. The smallest absolute Gasteiger partial charge is 0.308 e. The largest absolute Gasteiger partial charge is 0.481 e. The Kier molecular flexibility index (Phi) is 8.63. The van der Waals surface area contributed by atoms with E-state index in [0.717, 1.165) is 29.9 Å². The first-order valence-corrected chi connectivity index (χ1v) is 11.6. The molecule has 0 aliphatic carbocycles. The Labute approximate surface area is 193 Å². The zero-order chi connectivity index (χ0) is 23.8. The van der Waals surface area contributed by atoms with Gasteiger partial charge in [-0.3, -0.25) is 14.4 Å². The van der Waals surface area contributed by atoms with E-state index in [-0.39, 0.29) is 12.8 Å². The van der Waals surface area contributed by atoms with E-state index >= 15 is 0 Å². The molecule has 0 saturated carbocycles. The summed E-state index contributed by atoms with van der Waals surface area (Å²) >= 11 is 0. The molecule has 0 spiro atoms. The van der Waals surface area contributed by atoms with Crippen LogP contribution in [0.2, 0.25) is 0 Å². The highest BCUT2D eigenvalue weighted by molar-refractivity contribution is 5.71. The Morgan fingerprint density at radius 2 is 1.82 bits per heavy atom. The van der Waals surface area contributed by atoms with Crippen molar-refractivity contribution in [2.45, 2.75) is 77.9 Å². The first-order chi connectivity index (χ1) is 15.9. The van der Waals surface area contributed by atoms with Gasteiger partial charge in [0.05, 0.1) is 17.9 Å². The second kappa shape index (κ2) is 11.6. The molecular weight excluding hydrogens is 424 g/mol. The molecular formula is C25H32N2O6. The lowest BCUT2D eigenvalue weighted by atomic mass is 9.93. The topological polar surface area (TPSA) is 108 Å². The normalized spacial score (nSPS) is 14.0. The van der Waals surface area contributed by atoms with Crippen LogP contribution in [0.4, 0.5) is 0 Å². The summed E-state index contributed by atoms with van der Waals surface area (Å²) in [5.74, 6) is -2.27. The number of unbranched alkanes of at least 4 members (excludes halogenated alkanes) is 1.